The Morgan fingerprint density at radius 1 is 0.348 bits per heavy atom. The Bertz CT molecular complexity index is 1400. The highest BCUT2D eigenvalue weighted by molar-refractivity contribution is 5.70. The van der Waals surface area contributed by atoms with E-state index in [1.54, 1.807) is 0 Å². The molecule has 1 unspecified atom stereocenters. The third-order valence-electron chi connectivity index (χ3n) is 10.7. The summed E-state index contributed by atoms with van der Waals surface area (Å²) in [5.41, 5.74) is 0. The van der Waals surface area contributed by atoms with Crippen LogP contribution in [-0.4, -0.2) is 37.9 Å². The van der Waals surface area contributed by atoms with Gasteiger partial charge < -0.3 is 14.2 Å². The predicted molar refractivity (Wildman–Crippen MR) is 288 cm³/mol. The first-order chi connectivity index (χ1) is 32.6. The van der Waals surface area contributed by atoms with Gasteiger partial charge in [-0.2, -0.15) is 0 Å². The molecule has 0 N–H and O–H groups in total. The van der Waals surface area contributed by atoms with Gasteiger partial charge in [0.05, 0.1) is 6.61 Å². The van der Waals surface area contributed by atoms with Crippen LogP contribution >= 0.6 is 0 Å². The van der Waals surface area contributed by atoms with Crippen LogP contribution in [0.4, 0.5) is 0 Å². The molecule has 0 spiro atoms. The van der Waals surface area contributed by atoms with Crippen molar-refractivity contribution in [2.24, 2.45) is 0 Å². The Morgan fingerprint density at radius 3 is 1.17 bits per heavy atom. The molecular weight excluding hydrogens is 813 g/mol. The summed E-state index contributed by atoms with van der Waals surface area (Å²) in [5, 5.41) is 0. The second kappa shape index (κ2) is 55.4. The molecule has 0 aromatic heterocycles. The lowest BCUT2D eigenvalue weighted by Gasteiger charge is -2.18. The molecule has 0 aliphatic rings. The maximum Gasteiger partial charge on any atom is 0.306 e. The van der Waals surface area contributed by atoms with E-state index in [1.807, 2.05) is 6.08 Å². The van der Waals surface area contributed by atoms with Crippen LogP contribution in [0.1, 0.15) is 213 Å². The molecule has 0 fully saturated rings. The van der Waals surface area contributed by atoms with Crippen LogP contribution in [0.25, 0.3) is 0 Å². The summed E-state index contributed by atoms with van der Waals surface area (Å²) >= 11 is 0. The number of carbonyl (C=O) groups excluding carboxylic acids is 2. The number of carbonyl (C=O) groups is 2. The van der Waals surface area contributed by atoms with Crippen molar-refractivity contribution in [1.82, 2.24) is 0 Å². The summed E-state index contributed by atoms with van der Waals surface area (Å²) in [6.07, 6.45) is 79.1. The lowest BCUT2D eigenvalue weighted by atomic mass is 10.1. The van der Waals surface area contributed by atoms with Crippen molar-refractivity contribution in [3.8, 4) is 0 Å². The highest BCUT2D eigenvalue weighted by atomic mass is 16.6. The number of rotatable bonds is 47. The van der Waals surface area contributed by atoms with E-state index in [1.165, 1.54) is 64.2 Å². The monoisotopic (exact) mass is 911 g/mol. The van der Waals surface area contributed by atoms with Gasteiger partial charge in [-0.3, -0.25) is 9.59 Å². The van der Waals surface area contributed by atoms with Crippen molar-refractivity contribution in [2.45, 2.75) is 219 Å². The van der Waals surface area contributed by atoms with Crippen molar-refractivity contribution < 1.29 is 23.8 Å². The molecule has 0 aromatic carbocycles. The van der Waals surface area contributed by atoms with Crippen LogP contribution in [0, 0.1) is 0 Å². The second-order valence-corrected chi connectivity index (χ2v) is 17.0. The molecule has 0 rings (SSSR count). The van der Waals surface area contributed by atoms with Crippen molar-refractivity contribution >= 4 is 11.9 Å². The Balaban J connectivity index is 4.39. The highest BCUT2D eigenvalue weighted by Gasteiger charge is 2.17. The molecule has 0 saturated carbocycles. The molecule has 5 nitrogen and oxygen atoms in total. The predicted octanol–water partition coefficient (Wildman–Crippen LogP) is 18.3. The summed E-state index contributed by atoms with van der Waals surface area (Å²) in [5.74, 6) is -0.521. The first-order valence-electron chi connectivity index (χ1n) is 26.7. The highest BCUT2D eigenvalue weighted by Crippen LogP contribution is 2.12. The molecule has 0 bridgehead atoms. The van der Waals surface area contributed by atoms with Crippen LogP contribution < -0.4 is 0 Å². The largest absolute Gasteiger partial charge is 0.462 e. The average molecular weight is 911 g/mol. The average Bonchev–Trinajstić information content (AvgIpc) is 3.32. The Hall–Kier alpha value is -3.96. The van der Waals surface area contributed by atoms with Gasteiger partial charge in [0.15, 0.2) is 6.10 Å². The first kappa shape index (κ1) is 62.0. The van der Waals surface area contributed by atoms with E-state index in [0.717, 1.165) is 109 Å². The van der Waals surface area contributed by atoms with Gasteiger partial charge in [0, 0.05) is 19.4 Å². The van der Waals surface area contributed by atoms with Gasteiger partial charge in [0.25, 0.3) is 0 Å². The van der Waals surface area contributed by atoms with Crippen molar-refractivity contribution in [3.05, 3.63) is 134 Å². The van der Waals surface area contributed by atoms with Crippen LogP contribution in [0.15, 0.2) is 134 Å². The van der Waals surface area contributed by atoms with Gasteiger partial charge in [0.1, 0.15) is 6.61 Å². The minimum atomic E-state index is -0.586. The molecule has 0 radical (unpaired) electrons. The summed E-state index contributed by atoms with van der Waals surface area (Å²) in [6, 6.07) is 0. The number of allylic oxidation sites excluding steroid dienone is 22. The molecule has 0 amide bonds. The van der Waals surface area contributed by atoms with E-state index in [0.29, 0.717) is 25.9 Å². The second-order valence-electron chi connectivity index (χ2n) is 17.0. The third kappa shape index (κ3) is 52.7. The molecular formula is C61H98O5. The smallest absolute Gasteiger partial charge is 0.306 e. The number of esters is 2. The molecule has 0 saturated heterocycles. The Labute approximate surface area is 407 Å². The summed E-state index contributed by atoms with van der Waals surface area (Å²) < 4.78 is 17.3. The zero-order valence-corrected chi connectivity index (χ0v) is 42.7. The topological polar surface area (TPSA) is 61.8 Å². The maximum absolute atomic E-state index is 12.8. The van der Waals surface area contributed by atoms with Crippen LogP contribution in [0.2, 0.25) is 0 Å². The minimum absolute atomic E-state index is 0.0288. The number of hydrogen-bond acceptors (Lipinski definition) is 5. The van der Waals surface area contributed by atoms with Crippen LogP contribution in [0.5, 0.6) is 0 Å². The maximum atomic E-state index is 12.8. The number of unbranched alkanes of at least 4 members (excludes halogenated alkanes) is 14. The Morgan fingerprint density at radius 2 is 0.712 bits per heavy atom. The minimum Gasteiger partial charge on any atom is -0.462 e. The molecule has 5 heteroatoms. The summed E-state index contributed by atoms with van der Waals surface area (Å²) in [6.45, 7) is 7.43. The fourth-order valence-corrected chi connectivity index (χ4v) is 6.74. The van der Waals surface area contributed by atoms with E-state index >= 15 is 0 Å². The van der Waals surface area contributed by atoms with Crippen molar-refractivity contribution in [2.75, 3.05) is 19.8 Å². The van der Waals surface area contributed by atoms with E-state index in [2.05, 4.69) is 148 Å². The lowest BCUT2D eigenvalue weighted by molar-refractivity contribution is -0.162. The molecule has 372 valence electrons. The molecule has 66 heavy (non-hydrogen) atoms. The third-order valence-corrected chi connectivity index (χ3v) is 10.7. The molecule has 0 aliphatic heterocycles. The summed E-state index contributed by atoms with van der Waals surface area (Å²) in [4.78, 5) is 25.4. The van der Waals surface area contributed by atoms with E-state index < -0.39 is 6.10 Å². The Kier molecular flexibility index (Phi) is 52.0. The fourth-order valence-electron chi connectivity index (χ4n) is 6.74. The number of hydrogen-bond donors (Lipinski definition) is 0. The zero-order chi connectivity index (χ0) is 47.7. The normalized spacial score (nSPS) is 13.3. The molecule has 1 atom stereocenters. The molecule has 0 heterocycles. The molecule has 0 aliphatic carbocycles. The van der Waals surface area contributed by atoms with Gasteiger partial charge >= 0.3 is 11.9 Å². The van der Waals surface area contributed by atoms with Crippen molar-refractivity contribution in [1.29, 1.82) is 0 Å². The van der Waals surface area contributed by atoms with Gasteiger partial charge in [-0.25, -0.2) is 0 Å². The van der Waals surface area contributed by atoms with Gasteiger partial charge in [-0.05, 0) is 116 Å². The van der Waals surface area contributed by atoms with Crippen molar-refractivity contribution in [3.63, 3.8) is 0 Å². The van der Waals surface area contributed by atoms with E-state index in [4.69, 9.17) is 14.2 Å². The molecule has 0 aromatic rings. The number of ether oxygens (including phenoxy) is 3. The standard InChI is InChI=1S/C61H98O5/c1-4-7-10-13-16-19-22-24-26-28-30-32-34-36-38-41-44-47-50-53-56-64-57-59(66-61(63)55-52-49-46-43-39-21-18-15-12-9-6-3)58-65-60(62)54-51-48-45-42-40-37-35-33-31-29-27-25-23-20-17-14-11-8-5-2/h7-8,10-11,15-20,24-27,30-33,37,40,45,48,59H,4-6,9,12-14,21-23,28-29,34-36,38-39,41-44,46-47,49-58H2,1-3H3/b10-7-,11-8-,18-15-,19-16-,20-17-,26-24-,27-25-,32-30-,33-31-,40-37-,48-45-. The van der Waals surface area contributed by atoms with E-state index in [9.17, 15) is 9.59 Å². The SMILES string of the molecule is CC/C=C\C/C=C\C/C=C\C/C=C\C/C=C\C/C=C\CCC(=O)OCC(COCCCCCCCCC/C=C\C/C=C\C/C=C\C/C=C\CC)OC(=O)CCCCCCC/C=C\CCCC. The van der Waals surface area contributed by atoms with Gasteiger partial charge in [-0.1, -0.05) is 219 Å². The summed E-state index contributed by atoms with van der Waals surface area (Å²) in [7, 11) is 0. The zero-order valence-electron chi connectivity index (χ0n) is 42.7. The van der Waals surface area contributed by atoms with Crippen LogP contribution in [-0.2, 0) is 23.8 Å². The quantitative estimate of drug-likeness (QED) is 0.0346. The van der Waals surface area contributed by atoms with E-state index in [-0.39, 0.29) is 25.2 Å². The fraction of sp³-hybridized carbons (Fsp3) is 0.607. The first-order valence-corrected chi connectivity index (χ1v) is 26.7. The van der Waals surface area contributed by atoms with Gasteiger partial charge in [-0.15, -0.1) is 0 Å². The van der Waals surface area contributed by atoms with Gasteiger partial charge in [0.2, 0.25) is 0 Å². The van der Waals surface area contributed by atoms with Crippen LogP contribution in [0.3, 0.4) is 0 Å². The lowest BCUT2D eigenvalue weighted by Crippen LogP contribution is -2.30.